The van der Waals surface area contributed by atoms with Gasteiger partial charge in [-0.05, 0) is 43.5 Å². The number of amides is 2. The first-order valence-corrected chi connectivity index (χ1v) is 7.14. The standard InChI is InChI=1S/C15H21N3O3/c16-9-12-3-1-2-8-18(12)15(20)11-4-6-13(7-5-11)21-10-14(17)19/h4-7,12H,1-3,8-10,16H2,(H2,17,19). The van der Waals surface area contributed by atoms with Gasteiger partial charge in [-0.2, -0.15) is 0 Å². The highest BCUT2D eigenvalue weighted by atomic mass is 16.5. The molecule has 114 valence electrons. The molecule has 4 N–H and O–H groups in total. The van der Waals surface area contributed by atoms with Crippen LogP contribution in [-0.2, 0) is 4.79 Å². The zero-order valence-corrected chi connectivity index (χ0v) is 12.0. The van der Waals surface area contributed by atoms with E-state index in [9.17, 15) is 9.59 Å². The Kier molecular flexibility index (Phi) is 5.16. The number of benzene rings is 1. The highest BCUT2D eigenvalue weighted by molar-refractivity contribution is 5.94. The van der Waals surface area contributed by atoms with E-state index in [4.69, 9.17) is 16.2 Å². The minimum Gasteiger partial charge on any atom is -0.484 e. The predicted octanol–water partition coefficient (Wildman–Crippen LogP) is 0.504. The lowest BCUT2D eigenvalue weighted by Crippen LogP contribution is -2.47. The van der Waals surface area contributed by atoms with Crippen molar-refractivity contribution in [3.05, 3.63) is 29.8 Å². The molecule has 1 aromatic rings. The summed E-state index contributed by atoms with van der Waals surface area (Å²) in [4.78, 5) is 25.0. The van der Waals surface area contributed by atoms with Crippen molar-refractivity contribution in [2.75, 3.05) is 19.7 Å². The number of carbonyl (C=O) groups is 2. The average Bonchev–Trinajstić information content (AvgIpc) is 2.52. The van der Waals surface area contributed by atoms with E-state index in [0.717, 1.165) is 25.8 Å². The van der Waals surface area contributed by atoms with Crippen molar-refractivity contribution >= 4 is 11.8 Å². The van der Waals surface area contributed by atoms with Gasteiger partial charge in [0, 0.05) is 24.7 Å². The molecule has 1 fully saturated rings. The summed E-state index contributed by atoms with van der Waals surface area (Å²) in [6.45, 7) is 1.07. The molecule has 1 saturated heterocycles. The van der Waals surface area contributed by atoms with Crippen LogP contribution < -0.4 is 16.2 Å². The van der Waals surface area contributed by atoms with Gasteiger partial charge in [-0.3, -0.25) is 9.59 Å². The Balaban J connectivity index is 2.03. The number of rotatable bonds is 5. The van der Waals surface area contributed by atoms with E-state index in [-0.39, 0.29) is 18.6 Å². The number of ether oxygens (including phenoxy) is 1. The van der Waals surface area contributed by atoms with Gasteiger partial charge in [0.15, 0.2) is 6.61 Å². The highest BCUT2D eigenvalue weighted by Gasteiger charge is 2.26. The molecule has 1 aromatic carbocycles. The molecule has 0 bridgehead atoms. The lowest BCUT2D eigenvalue weighted by Gasteiger charge is -2.35. The molecule has 0 aliphatic carbocycles. The van der Waals surface area contributed by atoms with Gasteiger partial charge in [-0.1, -0.05) is 0 Å². The molecule has 1 unspecified atom stereocenters. The van der Waals surface area contributed by atoms with Crippen LogP contribution >= 0.6 is 0 Å². The second kappa shape index (κ2) is 7.08. The average molecular weight is 291 g/mol. The third-order valence-corrected chi connectivity index (χ3v) is 3.64. The quantitative estimate of drug-likeness (QED) is 0.825. The Morgan fingerprint density at radius 2 is 1.95 bits per heavy atom. The molecule has 6 heteroatoms. The van der Waals surface area contributed by atoms with Crippen LogP contribution in [0.4, 0.5) is 0 Å². The fourth-order valence-electron chi connectivity index (χ4n) is 2.53. The van der Waals surface area contributed by atoms with Crippen LogP contribution in [0.1, 0.15) is 29.6 Å². The van der Waals surface area contributed by atoms with E-state index in [1.54, 1.807) is 24.3 Å². The fraction of sp³-hybridized carbons (Fsp3) is 0.467. The second-order valence-corrected chi connectivity index (χ2v) is 5.16. The maximum atomic E-state index is 12.5. The number of piperidine rings is 1. The minimum atomic E-state index is -0.533. The molecule has 6 nitrogen and oxygen atoms in total. The summed E-state index contributed by atoms with van der Waals surface area (Å²) < 4.78 is 5.17. The smallest absolute Gasteiger partial charge is 0.255 e. The zero-order chi connectivity index (χ0) is 15.2. The monoisotopic (exact) mass is 291 g/mol. The summed E-state index contributed by atoms with van der Waals surface area (Å²) in [5, 5.41) is 0. The Morgan fingerprint density at radius 1 is 1.24 bits per heavy atom. The number of carbonyl (C=O) groups excluding carboxylic acids is 2. The van der Waals surface area contributed by atoms with Gasteiger partial charge in [0.2, 0.25) is 0 Å². The van der Waals surface area contributed by atoms with Gasteiger partial charge in [0.05, 0.1) is 0 Å². The summed E-state index contributed by atoms with van der Waals surface area (Å²) in [6, 6.07) is 6.84. The number of hydrogen-bond acceptors (Lipinski definition) is 4. The van der Waals surface area contributed by atoms with Gasteiger partial charge in [-0.15, -0.1) is 0 Å². The van der Waals surface area contributed by atoms with Gasteiger partial charge >= 0.3 is 0 Å². The highest BCUT2D eigenvalue weighted by Crippen LogP contribution is 2.20. The molecule has 0 saturated carbocycles. The van der Waals surface area contributed by atoms with E-state index in [1.807, 2.05) is 4.90 Å². The minimum absolute atomic E-state index is 0.00778. The molecule has 1 heterocycles. The van der Waals surface area contributed by atoms with Crippen molar-refractivity contribution in [2.24, 2.45) is 11.5 Å². The maximum Gasteiger partial charge on any atom is 0.255 e. The number of likely N-dealkylation sites (tertiary alicyclic amines) is 1. The normalized spacial score (nSPS) is 18.3. The Hall–Kier alpha value is -2.08. The van der Waals surface area contributed by atoms with E-state index in [1.165, 1.54) is 0 Å². The molecule has 1 aliphatic rings. The van der Waals surface area contributed by atoms with E-state index < -0.39 is 5.91 Å². The largest absolute Gasteiger partial charge is 0.484 e. The molecule has 21 heavy (non-hydrogen) atoms. The van der Waals surface area contributed by atoms with Crippen LogP contribution in [0, 0.1) is 0 Å². The summed E-state index contributed by atoms with van der Waals surface area (Å²) in [5.41, 5.74) is 11.4. The van der Waals surface area contributed by atoms with Crippen LogP contribution in [0.25, 0.3) is 0 Å². The first-order valence-electron chi connectivity index (χ1n) is 7.14. The SMILES string of the molecule is NCC1CCCCN1C(=O)c1ccc(OCC(N)=O)cc1. The number of nitrogens with two attached hydrogens (primary N) is 2. The first-order chi connectivity index (χ1) is 10.1. The Morgan fingerprint density at radius 3 is 2.57 bits per heavy atom. The molecular formula is C15H21N3O3. The molecule has 2 rings (SSSR count). The van der Waals surface area contributed by atoms with Crippen molar-refractivity contribution in [1.29, 1.82) is 0 Å². The van der Waals surface area contributed by atoms with E-state index >= 15 is 0 Å². The van der Waals surface area contributed by atoms with Crippen molar-refractivity contribution in [2.45, 2.75) is 25.3 Å². The summed E-state index contributed by atoms with van der Waals surface area (Å²) in [7, 11) is 0. The summed E-state index contributed by atoms with van der Waals surface area (Å²) in [5.74, 6) is -0.0276. The maximum absolute atomic E-state index is 12.5. The van der Waals surface area contributed by atoms with Crippen LogP contribution in [0.2, 0.25) is 0 Å². The van der Waals surface area contributed by atoms with E-state index in [0.29, 0.717) is 17.9 Å². The molecule has 1 aliphatic heterocycles. The summed E-state index contributed by atoms with van der Waals surface area (Å²) in [6.07, 6.45) is 3.09. The first kappa shape index (κ1) is 15.3. The van der Waals surface area contributed by atoms with Crippen molar-refractivity contribution in [1.82, 2.24) is 4.90 Å². The number of hydrogen-bond donors (Lipinski definition) is 2. The van der Waals surface area contributed by atoms with Crippen molar-refractivity contribution in [3.63, 3.8) is 0 Å². The number of primary amides is 1. The zero-order valence-electron chi connectivity index (χ0n) is 12.0. The van der Waals surface area contributed by atoms with Gasteiger partial charge in [0.25, 0.3) is 11.8 Å². The van der Waals surface area contributed by atoms with Crippen LogP contribution in [0.15, 0.2) is 24.3 Å². The Bertz CT molecular complexity index is 501. The molecule has 0 radical (unpaired) electrons. The molecule has 1 atom stereocenters. The van der Waals surface area contributed by atoms with Gasteiger partial charge in [0.1, 0.15) is 5.75 Å². The molecule has 0 aromatic heterocycles. The molecular weight excluding hydrogens is 270 g/mol. The van der Waals surface area contributed by atoms with Crippen LogP contribution in [-0.4, -0.2) is 42.5 Å². The lowest BCUT2D eigenvalue weighted by atomic mass is 10.0. The predicted molar refractivity (Wildman–Crippen MR) is 78.9 cm³/mol. The van der Waals surface area contributed by atoms with Crippen molar-refractivity contribution < 1.29 is 14.3 Å². The molecule has 2 amide bonds. The lowest BCUT2D eigenvalue weighted by molar-refractivity contribution is -0.119. The summed E-state index contributed by atoms with van der Waals surface area (Å²) >= 11 is 0. The Labute approximate surface area is 124 Å². The van der Waals surface area contributed by atoms with Gasteiger partial charge < -0.3 is 21.1 Å². The van der Waals surface area contributed by atoms with Crippen LogP contribution in [0.3, 0.4) is 0 Å². The molecule has 0 spiro atoms. The van der Waals surface area contributed by atoms with Crippen LogP contribution in [0.5, 0.6) is 5.75 Å². The van der Waals surface area contributed by atoms with E-state index in [2.05, 4.69) is 0 Å². The van der Waals surface area contributed by atoms with Gasteiger partial charge in [-0.25, -0.2) is 0 Å². The topological polar surface area (TPSA) is 98.7 Å². The fourth-order valence-corrected chi connectivity index (χ4v) is 2.53. The second-order valence-electron chi connectivity index (χ2n) is 5.16. The van der Waals surface area contributed by atoms with Crippen molar-refractivity contribution in [3.8, 4) is 5.75 Å². The third-order valence-electron chi connectivity index (χ3n) is 3.64. The number of nitrogens with zero attached hydrogens (tertiary/aromatic N) is 1. The third kappa shape index (κ3) is 3.95.